The number of aliphatic hydroxyl groups excluding tert-OH is 4. The third kappa shape index (κ3) is 57.5. The van der Waals surface area contributed by atoms with E-state index >= 15 is 0 Å². The first-order valence-corrected chi connectivity index (χ1v) is 34.7. The highest BCUT2D eigenvalue weighted by Gasteiger charge is 2.28. The Hall–Kier alpha value is -1.21. The van der Waals surface area contributed by atoms with Crippen LogP contribution in [0.25, 0.3) is 0 Å². The monoisotopic (exact) mass is 1070 g/mol. The number of rotatable bonds is 65. The van der Waals surface area contributed by atoms with Gasteiger partial charge in [0.05, 0.1) is 18.8 Å². The molecule has 4 unspecified atom stereocenters. The predicted molar refractivity (Wildman–Crippen MR) is 334 cm³/mol. The number of aliphatic hydroxyl groups is 4. The van der Waals surface area contributed by atoms with E-state index in [1.165, 1.54) is 315 Å². The lowest BCUT2D eigenvalue weighted by Crippen LogP contribution is -2.53. The minimum atomic E-state index is -1.26. The maximum atomic E-state index is 12.7. The van der Waals surface area contributed by atoms with Crippen LogP contribution in [-0.2, 0) is 4.79 Å². The largest absolute Gasteiger partial charge is 0.394 e. The number of hydrogen-bond donors (Lipinski definition) is 5. The first-order chi connectivity index (χ1) is 37.5. The zero-order chi connectivity index (χ0) is 55.1. The summed E-state index contributed by atoms with van der Waals surface area (Å²) in [5.74, 6) is -0.577. The minimum Gasteiger partial charge on any atom is -0.394 e. The van der Waals surface area contributed by atoms with Crippen molar-refractivity contribution in [1.82, 2.24) is 5.32 Å². The van der Waals surface area contributed by atoms with Crippen LogP contribution in [0.15, 0.2) is 24.3 Å². The minimum absolute atomic E-state index is 0.372. The lowest BCUT2D eigenvalue weighted by Gasteiger charge is -2.27. The molecule has 0 rings (SSSR count). The highest BCUT2D eigenvalue weighted by atomic mass is 16.3. The van der Waals surface area contributed by atoms with Gasteiger partial charge in [0, 0.05) is 0 Å². The molecular formula is C70H137NO5. The summed E-state index contributed by atoms with van der Waals surface area (Å²) in [6.45, 7) is 4.11. The van der Waals surface area contributed by atoms with Crippen LogP contribution in [0, 0.1) is 0 Å². The van der Waals surface area contributed by atoms with Gasteiger partial charge in [-0.3, -0.25) is 4.79 Å². The van der Waals surface area contributed by atoms with Gasteiger partial charge in [0.15, 0.2) is 0 Å². The molecule has 1 amide bonds. The lowest BCUT2D eigenvalue weighted by atomic mass is 9.99. The van der Waals surface area contributed by atoms with Crippen molar-refractivity contribution in [2.75, 3.05) is 6.61 Å². The van der Waals surface area contributed by atoms with E-state index < -0.39 is 36.9 Å². The van der Waals surface area contributed by atoms with Gasteiger partial charge in [-0.2, -0.15) is 0 Å². The van der Waals surface area contributed by atoms with E-state index in [2.05, 4.69) is 43.5 Å². The van der Waals surface area contributed by atoms with E-state index in [0.29, 0.717) is 12.8 Å². The van der Waals surface area contributed by atoms with Gasteiger partial charge in [0.25, 0.3) is 0 Å². The molecule has 0 aliphatic heterocycles. The summed E-state index contributed by atoms with van der Waals surface area (Å²) in [5, 5.41) is 44.2. The van der Waals surface area contributed by atoms with Crippen molar-refractivity contribution in [3.63, 3.8) is 0 Å². The molecule has 0 saturated heterocycles. The fourth-order valence-electron chi connectivity index (χ4n) is 11.3. The van der Waals surface area contributed by atoms with Crippen molar-refractivity contribution in [2.24, 2.45) is 0 Å². The maximum Gasteiger partial charge on any atom is 0.249 e. The second-order valence-electron chi connectivity index (χ2n) is 24.2. The fraction of sp³-hybridized carbons (Fsp3) is 0.929. The van der Waals surface area contributed by atoms with Crippen molar-refractivity contribution >= 4 is 5.91 Å². The second-order valence-corrected chi connectivity index (χ2v) is 24.2. The molecule has 0 aromatic rings. The molecule has 4 atom stereocenters. The Labute approximate surface area is 475 Å². The van der Waals surface area contributed by atoms with E-state index in [9.17, 15) is 25.2 Å². The molecule has 0 fully saturated rings. The Morgan fingerprint density at radius 3 is 0.829 bits per heavy atom. The van der Waals surface area contributed by atoms with Crippen molar-refractivity contribution < 1.29 is 25.2 Å². The van der Waals surface area contributed by atoms with Crippen LogP contribution in [0.4, 0.5) is 0 Å². The summed E-state index contributed by atoms with van der Waals surface area (Å²) in [6.07, 6.45) is 81.6. The molecule has 76 heavy (non-hydrogen) atoms. The molecule has 5 N–H and O–H groups in total. The average Bonchev–Trinajstić information content (AvgIpc) is 3.42. The first kappa shape index (κ1) is 74.8. The molecule has 0 aliphatic rings. The van der Waals surface area contributed by atoms with Gasteiger partial charge in [-0.15, -0.1) is 0 Å². The van der Waals surface area contributed by atoms with Crippen LogP contribution in [0.5, 0.6) is 0 Å². The van der Waals surface area contributed by atoms with Gasteiger partial charge in [0.2, 0.25) is 5.91 Å². The normalized spacial score (nSPS) is 13.6. The predicted octanol–water partition coefficient (Wildman–Crippen LogP) is 21.3. The van der Waals surface area contributed by atoms with E-state index in [0.717, 1.165) is 44.9 Å². The highest BCUT2D eigenvalue weighted by molar-refractivity contribution is 5.80. The maximum absolute atomic E-state index is 12.7. The average molecular weight is 1070 g/mol. The number of unbranched alkanes of at least 4 members (excludes halogenated alkanes) is 52. The lowest BCUT2D eigenvalue weighted by molar-refractivity contribution is -0.132. The zero-order valence-corrected chi connectivity index (χ0v) is 51.5. The third-order valence-corrected chi connectivity index (χ3v) is 16.7. The molecule has 6 nitrogen and oxygen atoms in total. The van der Waals surface area contributed by atoms with Gasteiger partial charge in [-0.25, -0.2) is 0 Å². The molecule has 0 spiro atoms. The van der Waals surface area contributed by atoms with Gasteiger partial charge in [0.1, 0.15) is 12.2 Å². The molecule has 0 saturated carbocycles. The number of amides is 1. The molecule has 0 aromatic heterocycles. The molecule has 0 radical (unpaired) electrons. The van der Waals surface area contributed by atoms with Crippen LogP contribution in [0.3, 0.4) is 0 Å². The summed E-state index contributed by atoms with van der Waals surface area (Å²) < 4.78 is 0. The Bertz CT molecular complexity index is 1160. The standard InChI is InChI=1S/C70H137NO5/c1-3-5-7-9-11-13-15-17-19-21-23-25-27-29-30-31-32-33-34-35-36-37-38-39-40-42-44-46-48-50-52-54-56-58-60-62-64-68(74)70(76)71-66(65-72)69(75)67(73)63-61-59-57-55-53-51-49-47-45-43-41-28-26-24-22-20-18-16-14-12-10-8-6-4-2/h30-31,33-34,66-69,72-75H,3-29,32,35-65H2,1-2H3,(H,71,76)/b31-30-,34-33-. The summed E-state index contributed by atoms with van der Waals surface area (Å²) in [4.78, 5) is 12.7. The van der Waals surface area contributed by atoms with Crippen molar-refractivity contribution in [1.29, 1.82) is 0 Å². The summed E-state index contributed by atoms with van der Waals surface area (Å²) in [6, 6.07) is -0.985. The third-order valence-electron chi connectivity index (χ3n) is 16.7. The highest BCUT2D eigenvalue weighted by Crippen LogP contribution is 2.20. The zero-order valence-electron chi connectivity index (χ0n) is 51.5. The number of hydrogen-bond acceptors (Lipinski definition) is 5. The smallest absolute Gasteiger partial charge is 0.249 e. The molecule has 452 valence electrons. The van der Waals surface area contributed by atoms with E-state index in [4.69, 9.17) is 0 Å². The van der Waals surface area contributed by atoms with Crippen LogP contribution in [-0.4, -0.2) is 57.3 Å². The number of nitrogens with one attached hydrogen (secondary N) is 1. The van der Waals surface area contributed by atoms with Crippen LogP contribution in [0.2, 0.25) is 0 Å². The van der Waals surface area contributed by atoms with Crippen LogP contribution >= 0.6 is 0 Å². The summed E-state index contributed by atoms with van der Waals surface area (Å²) in [5.41, 5.74) is 0. The van der Waals surface area contributed by atoms with Gasteiger partial charge >= 0.3 is 0 Å². The molecule has 0 bridgehead atoms. The Balaban J connectivity index is 3.53. The Morgan fingerprint density at radius 1 is 0.329 bits per heavy atom. The number of allylic oxidation sites excluding steroid dienone is 4. The second kappa shape index (κ2) is 64.6. The Kier molecular flexibility index (Phi) is 63.6. The number of carbonyl (C=O) groups excluding carboxylic acids is 1. The molecule has 0 aliphatic carbocycles. The fourth-order valence-corrected chi connectivity index (χ4v) is 11.3. The molecule has 0 aromatic carbocycles. The van der Waals surface area contributed by atoms with Crippen molar-refractivity contribution in [3.8, 4) is 0 Å². The molecular weight excluding hydrogens is 935 g/mol. The van der Waals surface area contributed by atoms with Crippen LogP contribution in [0.1, 0.15) is 386 Å². The quantitative estimate of drug-likeness (QED) is 0.0308. The Morgan fingerprint density at radius 2 is 0.566 bits per heavy atom. The van der Waals surface area contributed by atoms with Crippen molar-refractivity contribution in [3.05, 3.63) is 24.3 Å². The van der Waals surface area contributed by atoms with Gasteiger partial charge in [-0.1, -0.05) is 366 Å². The van der Waals surface area contributed by atoms with Gasteiger partial charge in [-0.05, 0) is 44.9 Å². The van der Waals surface area contributed by atoms with E-state index in [-0.39, 0.29) is 0 Å². The SMILES string of the molecule is CCCCCCCCCCCCCCC/C=C\C/C=C\CCCCCCCCCCCCCCCCCCC(O)C(=O)NC(CO)C(O)C(O)CCCCCCCCCCCCCCCCCCCCCCCCCC. The topological polar surface area (TPSA) is 110 Å². The summed E-state index contributed by atoms with van der Waals surface area (Å²) in [7, 11) is 0. The van der Waals surface area contributed by atoms with Crippen molar-refractivity contribution in [2.45, 2.75) is 411 Å². The van der Waals surface area contributed by atoms with Crippen LogP contribution < -0.4 is 5.32 Å². The molecule has 0 heterocycles. The number of carbonyl (C=O) groups is 1. The summed E-state index contributed by atoms with van der Waals surface area (Å²) >= 11 is 0. The van der Waals surface area contributed by atoms with Gasteiger partial charge < -0.3 is 25.7 Å². The van der Waals surface area contributed by atoms with E-state index in [1.807, 2.05) is 0 Å². The van der Waals surface area contributed by atoms with E-state index in [1.54, 1.807) is 0 Å². The first-order valence-electron chi connectivity index (χ1n) is 34.7. The molecule has 6 heteroatoms.